The SMILES string of the molecule is Cl.OCCCOc1ccc2oc(NC3CCNCC3)nc2c1. The highest BCUT2D eigenvalue weighted by molar-refractivity contribution is 5.85. The molecule has 0 saturated carbocycles. The third kappa shape index (κ3) is 4.25. The number of rotatable bonds is 6. The average Bonchev–Trinajstić information content (AvgIpc) is 2.90. The Hall–Kier alpha value is -1.50. The summed E-state index contributed by atoms with van der Waals surface area (Å²) in [6.45, 7) is 2.69. The molecule has 0 amide bonds. The van der Waals surface area contributed by atoms with Crippen LogP contribution in [0.15, 0.2) is 22.6 Å². The second-order valence-corrected chi connectivity index (χ2v) is 5.24. The molecule has 3 rings (SSSR count). The van der Waals surface area contributed by atoms with Gasteiger partial charge in [-0.25, -0.2) is 0 Å². The minimum atomic E-state index is 0. The van der Waals surface area contributed by atoms with Crippen LogP contribution in [0.1, 0.15) is 19.3 Å². The van der Waals surface area contributed by atoms with Gasteiger partial charge in [-0.2, -0.15) is 4.98 Å². The molecule has 2 heterocycles. The van der Waals surface area contributed by atoms with E-state index < -0.39 is 0 Å². The lowest BCUT2D eigenvalue weighted by molar-refractivity contribution is 0.233. The number of oxazole rings is 1. The number of aromatic nitrogens is 1. The Morgan fingerprint density at radius 2 is 2.18 bits per heavy atom. The van der Waals surface area contributed by atoms with Crippen molar-refractivity contribution in [1.29, 1.82) is 0 Å². The minimum absolute atomic E-state index is 0. The maximum absolute atomic E-state index is 8.76. The molecule has 7 heteroatoms. The fraction of sp³-hybridized carbons (Fsp3) is 0.533. The summed E-state index contributed by atoms with van der Waals surface area (Å²) in [6, 6.07) is 6.58. The predicted molar refractivity (Wildman–Crippen MR) is 88.0 cm³/mol. The van der Waals surface area contributed by atoms with E-state index >= 15 is 0 Å². The van der Waals surface area contributed by atoms with Crippen LogP contribution >= 0.6 is 12.4 Å². The van der Waals surface area contributed by atoms with E-state index in [4.69, 9.17) is 14.3 Å². The highest BCUT2D eigenvalue weighted by Gasteiger charge is 2.15. The van der Waals surface area contributed by atoms with Crippen LogP contribution in [0.5, 0.6) is 5.75 Å². The Bertz CT molecular complexity index is 584. The van der Waals surface area contributed by atoms with Gasteiger partial charge in [-0.15, -0.1) is 12.4 Å². The fourth-order valence-electron chi connectivity index (χ4n) is 2.45. The number of aliphatic hydroxyl groups excluding tert-OH is 1. The van der Waals surface area contributed by atoms with E-state index in [1.807, 2.05) is 18.2 Å². The van der Waals surface area contributed by atoms with E-state index in [1.165, 1.54) is 0 Å². The van der Waals surface area contributed by atoms with Crippen molar-refractivity contribution in [1.82, 2.24) is 10.3 Å². The molecular weight excluding hydrogens is 306 g/mol. The van der Waals surface area contributed by atoms with Crippen molar-refractivity contribution in [3.63, 3.8) is 0 Å². The summed E-state index contributed by atoms with van der Waals surface area (Å²) >= 11 is 0. The first kappa shape index (κ1) is 16.9. The smallest absolute Gasteiger partial charge is 0.295 e. The average molecular weight is 328 g/mol. The molecule has 3 N–H and O–H groups in total. The molecule has 22 heavy (non-hydrogen) atoms. The third-order valence-electron chi connectivity index (χ3n) is 3.60. The van der Waals surface area contributed by atoms with E-state index in [-0.39, 0.29) is 19.0 Å². The van der Waals surface area contributed by atoms with Gasteiger partial charge < -0.3 is 24.9 Å². The van der Waals surface area contributed by atoms with Gasteiger partial charge in [-0.05, 0) is 38.1 Å². The van der Waals surface area contributed by atoms with Crippen LogP contribution in [0, 0.1) is 0 Å². The van der Waals surface area contributed by atoms with Gasteiger partial charge >= 0.3 is 0 Å². The third-order valence-corrected chi connectivity index (χ3v) is 3.60. The Balaban J connectivity index is 0.00000176. The fourth-order valence-corrected chi connectivity index (χ4v) is 2.45. The van der Waals surface area contributed by atoms with Crippen molar-refractivity contribution in [3.05, 3.63) is 18.2 Å². The molecule has 0 radical (unpaired) electrons. The molecule has 1 aliphatic rings. The second-order valence-electron chi connectivity index (χ2n) is 5.24. The number of nitrogens with one attached hydrogen (secondary N) is 2. The predicted octanol–water partition coefficient (Wildman–Crippen LogP) is 2.17. The first-order valence-corrected chi connectivity index (χ1v) is 7.46. The molecule has 6 nitrogen and oxygen atoms in total. The molecule has 1 fully saturated rings. The van der Waals surface area contributed by atoms with Crippen LogP contribution in [-0.2, 0) is 0 Å². The number of benzene rings is 1. The molecule has 1 saturated heterocycles. The zero-order valence-corrected chi connectivity index (χ0v) is 13.2. The first-order valence-electron chi connectivity index (χ1n) is 7.46. The quantitative estimate of drug-likeness (QED) is 0.706. The summed E-state index contributed by atoms with van der Waals surface area (Å²) < 4.78 is 11.3. The van der Waals surface area contributed by atoms with Crippen LogP contribution in [-0.4, -0.2) is 42.4 Å². The highest BCUT2D eigenvalue weighted by Crippen LogP contribution is 2.24. The summed E-state index contributed by atoms with van der Waals surface area (Å²) in [4.78, 5) is 4.47. The van der Waals surface area contributed by atoms with Gasteiger partial charge in [-0.3, -0.25) is 0 Å². The monoisotopic (exact) mass is 327 g/mol. The molecule has 0 spiro atoms. The van der Waals surface area contributed by atoms with Crippen molar-refractivity contribution >= 4 is 29.5 Å². The molecule has 0 aliphatic carbocycles. The summed E-state index contributed by atoms with van der Waals surface area (Å²) in [7, 11) is 0. The molecule has 1 aromatic heterocycles. The lowest BCUT2D eigenvalue weighted by Crippen LogP contribution is -2.35. The Labute approximate surface area is 135 Å². The molecular formula is C15H22ClN3O3. The van der Waals surface area contributed by atoms with Gasteiger partial charge in [0.05, 0.1) is 6.61 Å². The van der Waals surface area contributed by atoms with Crippen LogP contribution in [0.4, 0.5) is 6.01 Å². The van der Waals surface area contributed by atoms with Gasteiger partial charge in [0.1, 0.15) is 11.3 Å². The first-order chi connectivity index (χ1) is 10.3. The normalized spacial score (nSPS) is 15.5. The lowest BCUT2D eigenvalue weighted by atomic mass is 10.1. The highest BCUT2D eigenvalue weighted by atomic mass is 35.5. The topological polar surface area (TPSA) is 79.5 Å². The van der Waals surface area contributed by atoms with Gasteiger partial charge in [0, 0.05) is 25.1 Å². The number of ether oxygens (including phenoxy) is 1. The number of hydrogen-bond acceptors (Lipinski definition) is 6. The standard InChI is InChI=1S/C15H21N3O3.ClH/c19-8-1-9-20-12-2-3-14-13(10-12)18-15(21-14)17-11-4-6-16-7-5-11;/h2-3,10-11,16,19H,1,4-9H2,(H,17,18);1H. The molecule has 1 aliphatic heterocycles. The van der Waals surface area contributed by atoms with E-state index in [2.05, 4.69) is 15.6 Å². The molecule has 122 valence electrons. The van der Waals surface area contributed by atoms with Gasteiger partial charge in [0.2, 0.25) is 0 Å². The van der Waals surface area contributed by atoms with Gasteiger partial charge in [0.15, 0.2) is 5.58 Å². The summed E-state index contributed by atoms with van der Waals surface area (Å²) in [6.07, 6.45) is 2.78. The molecule has 0 bridgehead atoms. The minimum Gasteiger partial charge on any atom is -0.493 e. The van der Waals surface area contributed by atoms with E-state index in [1.54, 1.807) is 0 Å². The van der Waals surface area contributed by atoms with E-state index in [9.17, 15) is 0 Å². The van der Waals surface area contributed by atoms with Gasteiger partial charge in [0.25, 0.3) is 6.01 Å². The Kier molecular flexibility index (Phi) is 6.30. The summed E-state index contributed by atoms with van der Waals surface area (Å²) in [5, 5.41) is 15.4. The second kappa shape index (κ2) is 8.22. The molecule has 0 unspecified atom stereocenters. The van der Waals surface area contributed by atoms with Crippen LogP contribution < -0.4 is 15.4 Å². The lowest BCUT2D eigenvalue weighted by Gasteiger charge is -2.22. The number of fused-ring (bicyclic) bond motifs is 1. The van der Waals surface area contributed by atoms with Crippen molar-refractivity contribution < 1.29 is 14.3 Å². The number of nitrogens with zero attached hydrogens (tertiary/aromatic N) is 1. The molecule has 0 atom stereocenters. The van der Waals surface area contributed by atoms with Crippen LogP contribution in [0.2, 0.25) is 0 Å². The molecule has 1 aromatic carbocycles. The van der Waals surface area contributed by atoms with E-state index in [0.29, 0.717) is 25.1 Å². The van der Waals surface area contributed by atoms with Crippen molar-refractivity contribution in [2.45, 2.75) is 25.3 Å². The van der Waals surface area contributed by atoms with Gasteiger partial charge in [-0.1, -0.05) is 0 Å². The maximum atomic E-state index is 8.76. The van der Waals surface area contributed by atoms with Crippen LogP contribution in [0.25, 0.3) is 11.1 Å². The van der Waals surface area contributed by atoms with Crippen molar-refractivity contribution in [2.24, 2.45) is 0 Å². The summed E-state index contributed by atoms with van der Waals surface area (Å²) in [5.74, 6) is 0.748. The van der Waals surface area contributed by atoms with Crippen molar-refractivity contribution in [3.8, 4) is 5.75 Å². The number of aliphatic hydroxyl groups is 1. The van der Waals surface area contributed by atoms with Crippen molar-refractivity contribution in [2.75, 3.05) is 31.6 Å². The zero-order chi connectivity index (χ0) is 14.5. The molecule has 2 aromatic rings. The zero-order valence-electron chi connectivity index (χ0n) is 12.4. The summed E-state index contributed by atoms with van der Waals surface area (Å²) in [5.41, 5.74) is 1.54. The number of hydrogen-bond donors (Lipinski definition) is 3. The number of anilines is 1. The maximum Gasteiger partial charge on any atom is 0.295 e. The van der Waals surface area contributed by atoms with Crippen LogP contribution in [0.3, 0.4) is 0 Å². The Morgan fingerprint density at radius 3 is 2.95 bits per heavy atom. The van der Waals surface area contributed by atoms with E-state index in [0.717, 1.165) is 42.8 Å². The number of halogens is 1. The largest absolute Gasteiger partial charge is 0.493 e. The Morgan fingerprint density at radius 1 is 1.36 bits per heavy atom. The number of piperidine rings is 1.